The van der Waals surface area contributed by atoms with Crippen molar-refractivity contribution in [3.05, 3.63) is 35.9 Å². The molecule has 0 radical (unpaired) electrons. The summed E-state index contributed by atoms with van der Waals surface area (Å²) in [6.45, 7) is 2.71. The number of amides is 1. The van der Waals surface area contributed by atoms with E-state index in [0.717, 1.165) is 5.56 Å². The fourth-order valence-corrected chi connectivity index (χ4v) is 1.44. The van der Waals surface area contributed by atoms with Crippen LogP contribution in [0.3, 0.4) is 0 Å². The van der Waals surface area contributed by atoms with Crippen molar-refractivity contribution in [1.29, 1.82) is 0 Å². The molecule has 3 N–H and O–H groups in total. The number of benzene rings is 1. The Labute approximate surface area is 124 Å². The predicted octanol–water partition coefficient (Wildman–Crippen LogP) is 0.925. The van der Waals surface area contributed by atoms with Crippen molar-refractivity contribution in [2.75, 3.05) is 39.5 Å². The number of hydrogen-bond donors (Lipinski definition) is 3. The lowest BCUT2D eigenvalue weighted by molar-refractivity contribution is 0.0376. The maximum absolute atomic E-state index is 11.4. The van der Waals surface area contributed by atoms with Crippen LogP contribution in [0.1, 0.15) is 5.56 Å². The fraction of sp³-hybridized carbons (Fsp3) is 0.500. The third-order valence-electron chi connectivity index (χ3n) is 2.46. The highest BCUT2D eigenvalue weighted by Gasteiger charge is 2.01. The lowest BCUT2D eigenvalue weighted by atomic mass is 10.2. The van der Waals surface area contributed by atoms with Crippen molar-refractivity contribution in [3.8, 4) is 0 Å². The molecule has 0 unspecified atom stereocenters. The second kappa shape index (κ2) is 12.1. The van der Waals surface area contributed by atoms with Crippen LogP contribution in [0.25, 0.3) is 0 Å². The molecule has 118 valence electrons. The average Bonchev–Trinajstić information content (AvgIpc) is 2.52. The summed E-state index contributed by atoms with van der Waals surface area (Å²) in [5, 5.41) is 10.9. The van der Waals surface area contributed by atoms with Gasteiger partial charge in [0.05, 0.1) is 26.4 Å². The first kappa shape index (κ1) is 17.4. The Balaban J connectivity index is 1.89. The summed E-state index contributed by atoms with van der Waals surface area (Å²) < 4.78 is 15.4. The zero-order valence-electron chi connectivity index (χ0n) is 11.9. The molecule has 0 aliphatic carbocycles. The highest BCUT2D eigenvalue weighted by Crippen LogP contribution is 2.00. The van der Waals surface area contributed by atoms with Gasteiger partial charge < -0.3 is 24.7 Å². The zero-order chi connectivity index (χ0) is 15.2. The molecule has 0 atom stereocenters. The molecule has 1 aromatic carbocycles. The Kier molecular flexibility index (Phi) is 10.0. The molecule has 0 aliphatic heterocycles. The topological polar surface area (TPSA) is 89.1 Å². The lowest BCUT2D eigenvalue weighted by Crippen LogP contribution is -2.28. The van der Waals surface area contributed by atoms with Crippen LogP contribution in [0.5, 0.6) is 0 Å². The number of alkyl carbamates (subject to hydrolysis) is 1. The number of ether oxygens (including phenoxy) is 3. The third kappa shape index (κ3) is 9.80. The highest BCUT2D eigenvalue weighted by molar-refractivity contribution is 5.67. The molecule has 0 saturated carbocycles. The second-order valence-electron chi connectivity index (χ2n) is 4.12. The molecule has 0 heterocycles. The number of carbonyl (C=O) groups excluding carboxylic acids is 1. The molecule has 7 nitrogen and oxygen atoms in total. The molecule has 0 saturated heterocycles. The van der Waals surface area contributed by atoms with Crippen molar-refractivity contribution in [3.63, 3.8) is 0 Å². The summed E-state index contributed by atoms with van der Waals surface area (Å²) in [6, 6.07) is 9.47. The number of rotatable bonds is 11. The molecule has 21 heavy (non-hydrogen) atoms. The van der Waals surface area contributed by atoms with Crippen LogP contribution < -0.4 is 10.8 Å². The zero-order valence-corrected chi connectivity index (χ0v) is 11.9. The molecule has 0 spiro atoms. The van der Waals surface area contributed by atoms with Crippen LogP contribution in [0, 0.1) is 0 Å². The molecule has 0 aliphatic rings. The first-order chi connectivity index (χ1) is 10.3. The van der Waals surface area contributed by atoms with Gasteiger partial charge in [-0.15, -0.1) is 0 Å². The SMILES string of the molecule is O=C(NCCOCCOCCNO)OCc1ccccc1. The lowest BCUT2D eigenvalue weighted by Gasteiger charge is -2.08. The molecule has 7 heteroatoms. The third-order valence-corrected chi connectivity index (χ3v) is 2.46. The second-order valence-corrected chi connectivity index (χ2v) is 4.12. The minimum Gasteiger partial charge on any atom is -0.445 e. The van der Waals surface area contributed by atoms with E-state index < -0.39 is 6.09 Å². The van der Waals surface area contributed by atoms with Gasteiger partial charge in [0.15, 0.2) is 0 Å². The smallest absolute Gasteiger partial charge is 0.407 e. The molecule has 1 amide bonds. The Morgan fingerprint density at radius 2 is 1.67 bits per heavy atom. The van der Waals surface area contributed by atoms with Crippen LogP contribution in [0.4, 0.5) is 4.79 Å². The number of hydrogen-bond acceptors (Lipinski definition) is 6. The summed E-state index contributed by atoms with van der Waals surface area (Å²) >= 11 is 0. The van der Waals surface area contributed by atoms with E-state index in [1.807, 2.05) is 35.8 Å². The Hall–Kier alpha value is -1.67. The van der Waals surface area contributed by atoms with Gasteiger partial charge in [0.2, 0.25) is 0 Å². The summed E-state index contributed by atoms with van der Waals surface area (Å²) in [5.74, 6) is 0. The fourth-order valence-electron chi connectivity index (χ4n) is 1.44. The first-order valence-corrected chi connectivity index (χ1v) is 6.80. The molecular formula is C14H22N2O5. The monoisotopic (exact) mass is 298 g/mol. The Bertz CT molecular complexity index is 375. The molecule has 1 aromatic rings. The van der Waals surface area contributed by atoms with Gasteiger partial charge >= 0.3 is 6.09 Å². The van der Waals surface area contributed by atoms with Gasteiger partial charge in [0, 0.05) is 13.1 Å². The van der Waals surface area contributed by atoms with Gasteiger partial charge in [0.1, 0.15) is 6.61 Å². The van der Waals surface area contributed by atoms with E-state index in [9.17, 15) is 4.79 Å². The van der Waals surface area contributed by atoms with Gasteiger partial charge in [-0.3, -0.25) is 0 Å². The van der Waals surface area contributed by atoms with E-state index >= 15 is 0 Å². The Morgan fingerprint density at radius 1 is 1.00 bits per heavy atom. The summed E-state index contributed by atoms with van der Waals surface area (Å²) in [5.41, 5.74) is 2.93. The van der Waals surface area contributed by atoms with Crippen molar-refractivity contribution < 1.29 is 24.2 Å². The van der Waals surface area contributed by atoms with Gasteiger partial charge in [-0.1, -0.05) is 30.3 Å². The van der Waals surface area contributed by atoms with Crippen LogP contribution in [-0.2, 0) is 20.8 Å². The van der Waals surface area contributed by atoms with Crippen molar-refractivity contribution in [1.82, 2.24) is 10.8 Å². The molecular weight excluding hydrogens is 276 g/mol. The van der Waals surface area contributed by atoms with E-state index in [1.54, 1.807) is 0 Å². The molecule has 0 aromatic heterocycles. The minimum absolute atomic E-state index is 0.250. The maximum Gasteiger partial charge on any atom is 0.407 e. The van der Waals surface area contributed by atoms with Crippen LogP contribution in [0.15, 0.2) is 30.3 Å². The van der Waals surface area contributed by atoms with Crippen molar-refractivity contribution in [2.45, 2.75) is 6.61 Å². The van der Waals surface area contributed by atoms with E-state index in [2.05, 4.69) is 5.32 Å². The quantitative estimate of drug-likeness (QED) is 0.416. The summed E-state index contributed by atoms with van der Waals surface area (Å²) in [4.78, 5) is 11.4. The first-order valence-electron chi connectivity index (χ1n) is 6.80. The molecule has 1 rings (SSSR count). The summed E-state index contributed by atoms with van der Waals surface area (Å²) in [7, 11) is 0. The van der Waals surface area contributed by atoms with E-state index in [4.69, 9.17) is 19.4 Å². The highest BCUT2D eigenvalue weighted by atomic mass is 16.5. The largest absolute Gasteiger partial charge is 0.445 e. The maximum atomic E-state index is 11.4. The van der Waals surface area contributed by atoms with Crippen molar-refractivity contribution >= 4 is 6.09 Å². The summed E-state index contributed by atoms with van der Waals surface area (Å²) in [6.07, 6.45) is -0.465. The number of nitrogens with one attached hydrogen (secondary N) is 2. The van der Waals surface area contributed by atoms with Crippen molar-refractivity contribution in [2.24, 2.45) is 0 Å². The van der Waals surface area contributed by atoms with Gasteiger partial charge in [-0.2, -0.15) is 0 Å². The van der Waals surface area contributed by atoms with E-state index in [-0.39, 0.29) is 6.61 Å². The van der Waals surface area contributed by atoms with Crippen LogP contribution >= 0.6 is 0 Å². The van der Waals surface area contributed by atoms with E-state index in [1.165, 1.54) is 0 Å². The van der Waals surface area contributed by atoms with Gasteiger partial charge in [-0.25, -0.2) is 10.3 Å². The van der Waals surface area contributed by atoms with Crippen LogP contribution in [0.2, 0.25) is 0 Å². The average molecular weight is 298 g/mol. The predicted molar refractivity (Wildman–Crippen MR) is 76.1 cm³/mol. The normalized spacial score (nSPS) is 10.3. The minimum atomic E-state index is -0.465. The standard InChI is InChI=1S/C14H22N2O5/c17-14(21-12-13-4-2-1-3-5-13)15-6-8-19-10-11-20-9-7-16-18/h1-5,16,18H,6-12H2,(H,15,17). The van der Waals surface area contributed by atoms with Gasteiger partial charge in [0.25, 0.3) is 0 Å². The number of carbonyl (C=O) groups is 1. The molecule has 0 bridgehead atoms. The Morgan fingerprint density at radius 3 is 2.33 bits per heavy atom. The number of hydroxylamine groups is 1. The van der Waals surface area contributed by atoms with Gasteiger partial charge in [-0.05, 0) is 5.56 Å². The molecule has 0 fully saturated rings. The van der Waals surface area contributed by atoms with Crippen LogP contribution in [-0.4, -0.2) is 50.8 Å². The van der Waals surface area contributed by atoms with E-state index in [0.29, 0.717) is 39.5 Å².